The van der Waals surface area contributed by atoms with Gasteiger partial charge in [-0.15, -0.1) is 0 Å². The molecule has 9 heteroatoms. The van der Waals surface area contributed by atoms with Gasteiger partial charge < -0.3 is 28.3 Å². The van der Waals surface area contributed by atoms with Gasteiger partial charge in [-0.3, -0.25) is 9.36 Å². The van der Waals surface area contributed by atoms with Gasteiger partial charge in [0.2, 0.25) is 0 Å². The highest BCUT2D eigenvalue weighted by molar-refractivity contribution is 7.45. The zero-order chi connectivity index (χ0) is 24.8. The number of aliphatic carboxylic acids is 1. The summed E-state index contributed by atoms with van der Waals surface area (Å²) in [6, 6.07) is 0. The van der Waals surface area contributed by atoms with E-state index in [1.807, 2.05) is 14.1 Å². The molecule has 0 bridgehead atoms. The molecule has 198 valence electrons. The first-order valence-corrected chi connectivity index (χ1v) is 14.4. The van der Waals surface area contributed by atoms with Crippen LogP contribution in [0.25, 0.3) is 0 Å². The fourth-order valence-corrected chi connectivity index (χ4v) is 4.24. The largest absolute Gasteiger partial charge is 0.756 e. The number of unbranched alkanes of at least 4 members (excludes halogenated alkanes) is 11. The number of phosphoric ester groups is 1. The van der Waals surface area contributed by atoms with Gasteiger partial charge in [0.25, 0.3) is 7.82 Å². The van der Waals surface area contributed by atoms with Gasteiger partial charge in [0.15, 0.2) is 0 Å². The maximum atomic E-state index is 11.8. The van der Waals surface area contributed by atoms with Gasteiger partial charge in [0, 0.05) is 13.0 Å². The third kappa shape index (κ3) is 24.4. The molecule has 1 atom stereocenters. The molecule has 0 spiro atoms. The van der Waals surface area contributed by atoms with Crippen LogP contribution < -0.4 is 4.89 Å². The maximum absolute atomic E-state index is 11.8. The Morgan fingerprint density at radius 2 is 1.27 bits per heavy atom. The van der Waals surface area contributed by atoms with Crippen LogP contribution in [0.15, 0.2) is 0 Å². The molecule has 0 heterocycles. The van der Waals surface area contributed by atoms with Gasteiger partial charge in [-0.05, 0) is 6.42 Å². The van der Waals surface area contributed by atoms with Gasteiger partial charge in [-0.2, -0.15) is 0 Å². The zero-order valence-electron chi connectivity index (χ0n) is 21.4. The van der Waals surface area contributed by atoms with E-state index in [9.17, 15) is 14.3 Å². The number of likely N-dealkylation sites (N-methyl/N-ethyl adjacent to an activating group) is 1. The first-order valence-electron chi connectivity index (χ1n) is 12.9. The number of carboxylic acid groups (broad SMARTS) is 1. The average Bonchev–Trinajstić information content (AvgIpc) is 2.72. The van der Waals surface area contributed by atoms with Crippen molar-refractivity contribution in [3.05, 3.63) is 0 Å². The standard InChI is InChI=1S/C24H50NO7P/c1-4-5-6-7-8-9-10-11-12-13-14-15-20-30-22-23-32-33(28,29)31-21-19-25(2,3)18-16-17-24(26)27/h4-23H2,1-3H3,(H-,26,27,28,29). The summed E-state index contributed by atoms with van der Waals surface area (Å²) in [6.45, 7) is 4.13. The highest BCUT2D eigenvalue weighted by Gasteiger charge is 2.17. The number of rotatable bonds is 25. The van der Waals surface area contributed by atoms with Crippen LogP contribution in [0.1, 0.15) is 96.8 Å². The Morgan fingerprint density at radius 1 is 0.758 bits per heavy atom. The van der Waals surface area contributed by atoms with Crippen LogP contribution >= 0.6 is 7.82 Å². The Kier molecular flexibility index (Phi) is 20.5. The average molecular weight is 496 g/mol. The lowest BCUT2D eigenvalue weighted by molar-refractivity contribution is -0.890. The molecule has 0 saturated heterocycles. The molecule has 0 aromatic heterocycles. The molecule has 0 radical (unpaired) electrons. The van der Waals surface area contributed by atoms with Crippen LogP contribution in [0.5, 0.6) is 0 Å². The number of ether oxygens (including phenoxy) is 1. The Morgan fingerprint density at radius 3 is 1.82 bits per heavy atom. The quantitative estimate of drug-likeness (QED) is 0.106. The van der Waals surface area contributed by atoms with E-state index in [1.54, 1.807) is 0 Å². The number of carbonyl (C=O) groups is 1. The van der Waals surface area contributed by atoms with Crippen LogP contribution in [0, 0.1) is 0 Å². The number of nitrogens with zero attached hydrogens (tertiary/aromatic N) is 1. The minimum Gasteiger partial charge on any atom is -0.756 e. The van der Waals surface area contributed by atoms with Crippen molar-refractivity contribution in [2.24, 2.45) is 0 Å². The first kappa shape index (κ1) is 32.5. The summed E-state index contributed by atoms with van der Waals surface area (Å²) >= 11 is 0. The van der Waals surface area contributed by atoms with Gasteiger partial charge >= 0.3 is 5.97 Å². The van der Waals surface area contributed by atoms with Gasteiger partial charge in [-0.25, -0.2) is 0 Å². The highest BCUT2D eigenvalue weighted by Crippen LogP contribution is 2.37. The Hall–Kier alpha value is -0.500. The van der Waals surface area contributed by atoms with E-state index in [2.05, 4.69) is 6.92 Å². The molecule has 0 aliphatic carbocycles. The fraction of sp³-hybridized carbons (Fsp3) is 0.958. The second-order valence-electron chi connectivity index (χ2n) is 9.50. The summed E-state index contributed by atoms with van der Waals surface area (Å²) in [4.78, 5) is 22.4. The van der Waals surface area contributed by atoms with E-state index in [0.717, 1.165) is 12.8 Å². The molecule has 0 aromatic rings. The smallest absolute Gasteiger partial charge is 0.303 e. The monoisotopic (exact) mass is 495 g/mol. The highest BCUT2D eigenvalue weighted by atomic mass is 31.2. The molecule has 0 amide bonds. The third-order valence-corrected chi connectivity index (χ3v) is 6.72. The molecule has 0 rings (SSSR count). The molecule has 8 nitrogen and oxygen atoms in total. The molecule has 1 N–H and O–H groups in total. The topological polar surface area (TPSA) is 105 Å². The minimum atomic E-state index is -4.34. The van der Waals surface area contributed by atoms with E-state index in [-0.39, 0.29) is 26.2 Å². The van der Waals surface area contributed by atoms with Crippen molar-refractivity contribution in [3.63, 3.8) is 0 Å². The van der Waals surface area contributed by atoms with Gasteiger partial charge in [0.05, 0.1) is 40.3 Å². The van der Waals surface area contributed by atoms with Crippen LogP contribution in [0.3, 0.4) is 0 Å². The summed E-state index contributed by atoms with van der Waals surface area (Å²) in [5.41, 5.74) is 0. The van der Waals surface area contributed by atoms with Crippen molar-refractivity contribution in [1.82, 2.24) is 0 Å². The molecule has 33 heavy (non-hydrogen) atoms. The lowest BCUT2D eigenvalue weighted by Crippen LogP contribution is -2.43. The van der Waals surface area contributed by atoms with Crippen molar-refractivity contribution in [3.8, 4) is 0 Å². The van der Waals surface area contributed by atoms with Crippen molar-refractivity contribution in [1.29, 1.82) is 0 Å². The zero-order valence-corrected chi connectivity index (χ0v) is 22.3. The molecular weight excluding hydrogens is 445 g/mol. The maximum Gasteiger partial charge on any atom is 0.303 e. The first-order chi connectivity index (χ1) is 15.7. The number of hydrogen-bond acceptors (Lipinski definition) is 6. The van der Waals surface area contributed by atoms with Crippen LogP contribution in [0.2, 0.25) is 0 Å². The summed E-state index contributed by atoms with van der Waals surface area (Å²) in [7, 11) is -0.527. The van der Waals surface area contributed by atoms with Crippen molar-refractivity contribution >= 4 is 13.8 Å². The molecule has 0 aliphatic rings. The predicted octanol–water partition coefficient (Wildman–Crippen LogP) is 5.15. The molecule has 1 unspecified atom stereocenters. The summed E-state index contributed by atoms with van der Waals surface area (Å²) < 4.78 is 27.5. The molecule has 0 saturated carbocycles. The summed E-state index contributed by atoms with van der Waals surface area (Å²) in [6.07, 6.45) is 16.1. The lowest BCUT2D eigenvalue weighted by Gasteiger charge is -2.31. The predicted molar refractivity (Wildman–Crippen MR) is 130 cm³/mol. The van der Waals surface area contributed by atoms with E-state index in [1.165, 1.54) is 64.2 Å². The van der Waals surface area contributed by atoms with E-state index in [0.29, 0.717) is 30.6 Å². The number of phosphoric acid groups is 1. The van der Waals surface area contributed by atoms with Crippen molar-refractivity contribution < 1.29 is 37.6 Å². The fourth-order valence-electron chi connectivity index (χ4n) is 3.56. The summed E-state index contributed by atoms with van der Waals surface area (Å²) in [5, 5.41) is 8.69. The Balaban J connectivity index is 3.50. The van der Waals surface area contributed by atoms with Crippen LogP contribution in [-0.4, -0.2) is 69.2 Å². The van der Waals surface area contributed by atoms with E-state index in [4.69, 9.17) is 18.9 Å². The van der Waals surface area contributed by atoms with Gasteiger partial charge in [-0.1, -0.05) is 77.6 Å². The lowest BCUT2D eigenvalue weighted by atomic mass is 10.1. The Bertz CT molecular complexity index is 517. The van der Waals surface area contributed by atoms with Gasteiger partial charge in [0.1, 0.15) is 13.2 Å². The van der Waals surface area contributed by atoms with Crippen molar-refractivity contribution in [2.75, 3.05) is 53.6 Å². The minimum absolute atomic E-state index is 0.000559. The number of carboxylic acids is 1. The molecular formula is C24H50NO7P. The number of quaternary nitrogens is 1. The van der Waals surface area contributed by atoms with Crippen LogP contribution in [0.4, 0.5) is 0 Å². The Labute approximate surface area is 202 Å². The number of hydrogen-bond donors (Lipinski definition) is 1. The molecule has 0 aromatic carbocycles. The summed E-state index contributed by atoms with van der Waals surface area (Å²) in [5.74, 6) is -0.829. The second kappa shape index (κ2) is 20.8. The molecule has 0 aliphatic heterocycles. The SMILES string of the molecule is CCCCCCCCCCCCCCOCCOP(=O)([O-])OCC[N+](C)(C)CCCC(=O)O. The van der Waals surface area contributed by atoms with E-state index < -0.39 is 13.8 Å². The second-order valence-corrected chi connectivity index (χ2v) is 10.9. The molecule has 0 fully saturated rings. The normalized spacial score (nSPS) is 13.8. The van der Waals surface area contributed by atoms with Crippen molar-refractivity contribution in [2.45, 2.75) is 96.8 Å². The van der Waals surface area contributed by atoms with E-state index >= 15 is 0 Å². The third-order valence-electron chi connectivity index (χ3n) is 5.72. The van der Waals surface area contributed by atoms with Crippen LogP contribution in [-0.2, 0) is 23.1 Å².